The van der Waals surface area contributed by atoms with Crippen molar-refractivity contribution in [3.05, 3.63) is 24.3 Å². The Morgan fingerprint density at radius 3 is 2.22 bits per heavy atom. The van der Waals surface area contributed by atoms with Gasteiger partial charge in [0.15, 0.2) is 0 Å². The van der Waals surface area contributed by atoms with Gasteiger partial charge in [0.25, 0.3) is 0 Å². The first-order chi connectivity index (χ1) is 4.33. The van der Waals surface area contributed by atoms with Crippen LogP contribution in [0.2, 0.25) is 5.82 Å². The molecule has 0 unspecified atom stereocenters. The Morgan fingerprint density at radius 2 is 1.78 bits per heavy atom. The number of anilines is 1. The van der Waals surface area contributed by atoms with Crippen LogP contribution >= 0.6 is 0 Å². The van der Waals surface area contributed by atoms with E-state index in [4.69, 9.17) is 5.73 Å². The van der Waals surface area contributed by atoms with Gasteiger partial charge < -0.3 is 0 Å². The monoisotopic (exact) mass is 187 g/mol. The van der Waals surface area contributed by atoms with Crippen molar-refractivity contribution in [2.45, 2.75) is 5.82 Å². The third-order valence-corrected chi connectivity index (χ3v) is 2.68. The normalized spacial score (nSPS) is 9.44. The molecule has 0 aliphatic carbocycles. The molecule has 48 valence electrons. The fourth-order valence-electron chi connectivity index (χ4n) is 0.604. The molecule has 0 fully saturated rings. The minimum absolute atomic E-state index is 0.605. The van der Waals surface area contributed by atoms with Crippen LogP contribution in [0.15, 0.2) is 24.3 Å². The van der Waals surface area contributed by atoms with Crippen LogP contribution in [-0.2, 0) is 0 Å². The summed E-state index contributed by atoms with van der Waals surface area (Å²) in [6.45, 7) is 0. The zero-order chi connectivity index (χ0) is 6.69. The Labute approximate surface area is 61.4 Å². The van der Waals surface area contributed by atoms with E-state index in [2.05, 4.69) is 18.0 Å². The summed E-state index contributed by atoms with van der Waals surface area (Å²) in [5.74, 6) is 2.19. The Balaban J connectivity index is 2.88. The molecule has 0 aliphatic heterocycles. The second kappa shape index (κ2) is 2.90. The number of hydrogen-bond acceptors (Lipinski definition) is 1. The molecule has 0 radical (unpaired) electrons. The number of nitrogen functional groups attached to an aromatic ring is 1. The summed E-state index contributed by atoms with van der Waals surface area (Å²) in [5, 5.41) is 0. The molecular weight excluding hydrogens is 177 g/mol. The van der Waals surface area contributed by atoms with Gasteiger partial charge >= 0.3 is 60.9 Å². The van der Waals surface area contributed by atoms with Crippen LogP contribution in [-0.4, -0.2) is 15.0 Å². The quantitative estimate of drug-likeness (QED) is 0.505. The molecule has 9 heavy (non-hydrogen) atoms. The van der Waals surface area contributed by atoms with Gasteiger partial charge in [0, 0.05) is 0 Å². The number of nitrogens with two attached hydrogens (primary N) is 1. The van der Waals surface area contributed by atoms with Crippen LogP contribution in [0, 0.1) is 0 Å². The second-order valence-electron chi connectivity index (χ2n) is 1.77. The second-order valence-corrected chi connectivity index (χ2v) is 3.62. The molecule has 0 amide bonds. The average molecular weight is 186 g/mol. The van der Waals surface area contributed by atoms with Crippen molar-refractivity contribution >= 4 is 25.1 Å². The fourth-order valence-corrected chi connectivity index (χ4v) is 1.46. The van der Waals surface area contributed by atoms with E-state index < -0.39 is 0 Å². The van der Waals surface area contributed by atoms with E-state index >= 15 is 0 Å². The number of benzene rings is 1. The first kappa shape index (κ1) is 6.66. The van der Waals surface area contributed by atoms with Crippen LogP contribution in [0.4, 0.5) is 5.69 Å². The summed E-state index contributed by atoms with van der Waals surface area (Å²) in [6, 6.07) is 8.05. The Morgan fingerprint density at radius 1 is 1.22 bits per heavy atom. The average Bonchev–Trinajstić information content (AvgIpc) is 1.90. The van der Waals surface area contributed by atoms with Crippen molar-refractivity contribution in [2.24, 2.45) is 0 Å². The summed E-state index contributed by atoms with van der Waals surface area (Å²) in [4.78, 5) is 0. The van der Waals surface area contributed by atoms with Gasteiger partial charge in [-0.05, 0) is 0 Å². The molecule has 2 N–H and O–H groups in total. The SMILES string of the molecule is C[Se]c1ccc(N)cc1. The van der Waals surface area contributed by atoms with Gasteiger partial charge in [0.05, 0.1) is 0 Å². The summed E-state index contributed by atoms with van der Waals surface area (Å²) >= 11 is 0.605. The minimum atomic E-state index is 0.605. The first-order valence-electron chi connectivity index (χ1n) is 2.72. The molecule has 0 saturated carbocycles. The van der Waals surface area contributed by atoms with Crippen LogP contribution in [0.1, 0.15) is 0 Å². The third kappa shape index (κ3) is 1.74. The van der Waals surface area contributed by atoms with Gasteiger partial charge in [-0.15, -0.1) is 0 Å². The van der Waals surface area contributed by atoms with Crippen LogP contribution in [0.3, 0.4) is 0 Å². The maximum absolute atomic E-state index is 5.49. The van der Waals surface area contributed by atoms with Crippen molar-refractivity contribution < 1.29 is 0 Å². The van der Waals surface area contributed by atoms with E-state index in [0.717, 1.165) is 5.69 Å². The van der Waals surface area contributed by atoms with E-state index in [9.17, 15) is 0 Å². The van der Waals surface area contributed by atoms with Crippen molar-refractivity contribution in [2.75, 3.05) is 5.73 Å². The fraction of sp³-hybridized carbons (Fsp3) is 0.143. The number of hydrogen-bond donors (Lipinski definition) is 1. The van der Waals surface area contributed by atoms with Gasteiger partial charge in [-0.25, -0.2) is 0 Å². The zero-order valence-corrected chi connectivity index (χ0v) is 7.01. The molecule has 0 spiro atoms. The van der Waals surface area contributed by atoms with Gasteiger partial charge in [0.1, 0.15) is 0 Å². The van der Waals surface area contributed by atoms with E-state index in [1.807, 2.05) is 12.1 Å². The van der Waals surface area contributed by atoms with Crippen molar-refractivity contribution in [3.8, 4) is 0 Å². The van der Waals surface area contributed by atoms with Gasteiger partial charge in [0.2, 0.25) is 0 Å². The molecule has 0 aliphatic rings. The predicted octanol–water partition coefficient (Wildman–Crippen LogP) is 0.646. The zero-order valence-electron chi connectivity index (χ0n) is 5.29. The topological polar surface area (TPSA) is 26.0 Å². The maximum atomic E-state index is 5.49. The van der Waals surface area contributed by atoms with Crippen LogP contribution in [0.25, 0.3) is 0 Å². The molecule has 0 bridgehead atoms. The van der Waals surface area contributed by atoms with Crippen molar-refractivity contribution in [1.82, 2.24) is 0 Å². The summed E-state index contributed by atoms with van der Waals surface area (Å²) in [7, 11) is 0. The van der Waals surface area contributed by atoms with E-state index in [1.54, 1.807) is 0 Å². The van der Waals surface area contributed by atoms with Crippen LogP contribution < -0.4 is 10.2 Å². The van der Waals surface area contributed by atoms with Gasteiger partial charge in [-0.2, -0.15) is 0 Å². The Hall–Kier alpha value is -0.461. The summed E-state index contributed by atoms with van der Waals surface area (Å²) in [5.41, 5.74) is 6.34. The van der Waals surface area contributed by atoms with E-state index in [-0.39, 0.29) is 0 Å². The first-order valence-corrected chi connectivity index (χ1v) is 5.29. The standard InChI is InChI=1S/C7H9NSe/c1-9-7-4-2-6(8)3-5-7/h2-5H,8H2,1H3. The van der Waals surface area contributed by atoms with E-state index in [1.165, 1.54) is 4.46 Å². The molecule has 2 heteroatoms. The van der Waals surface area contributed by atoms with Crippen molar-refractivity contribution in [3.63, 3.8) is 0 Å². The molecule has 1 rings (SSSR count). The Bertz CT molecular complexity index is 181. The number of rotatable bonds is 1. The van der Waals surface area contributed by atoms with Gasteiger partial charge in [-0.1, -0.05) is 0 Å². The summed E-state index contributed by atoms with van der Waals surface area (Å²) < 4.78 is 1.40. The van der Waals surface area contributed by atoms with Crippen molar-refractivity contribution in [1.29, 1.82) is 0 Å². The molecule has 0 aromatic heterocycles. The van der Waals surface area contributed by atoms with Gasteiger partial charge in [-0.3, -0.25) is 0 Å². The molecular formula is C7H9NSe. The molecule has 0 atom stereocenters. The molecule has 1 nitrogen and oxygen atoms in total. The molecule has 1 aromatic carbocycles. The molecule has 1 aromatic rings. The van der Waals surface area contributed by atoms with Crippen LogP contribution in [0.5, 0.6) is 0 Å². The summed E-state index contributed by atoms with van der Waals surface area (Å²) in [6.07, 6.45) is 0. The predicted molar refractivity (Wildman–Crippen MR) is 42.1 cm³/mol. The Kier molecular flexibility index (Phi) is 2.15. The molecule has 0 saturated heterocycles. The third-order valence-electron chi connectivity index (χ3n) is 1.12. The molecule has 0 heterocycles. The van der Waals surface area contributed by atoms with E-state index in [0.29, 0.717) is 15.0 Å².